The fourth-order valence-electron chi connectivity index (χ4n) is 8.17. The first kappa shape index (κ1) is 34.0. The lowest BCUT2D eigenvalue weighted by Crippen LogP contribution is -2.09. The molecule has 1 aliphatic rings. The molecule has 272 valence electrons. The Hall–Kier alpha value is -7.34. The summed E-state index contributed by atoms with van der Waals surface area (Å²) in [6.07, 6.45) is 0. The van der Waals surface area contributed by atoms with E-state index in [-0.39, 0.29) is 0 Å². The molecule has 0 spiro atoms. The molecule has 0 saturated heterocycles. The average Bonchev–Trinajstić information content (AvgIpc) is 3.30. The number of para-hydroxylation sites is 1. The van der Waals surface area contributed by atoms with Crippen molar-refractivity contribution in [2.24, 2.45) is 0 Å². The van der Waals surface area contributed by atoms with Crippen LogP contribution in [0.3, 0.4) is 0 Å². The fourth-order valence-corrected chi connectivity index (χ4v) is 9.34. The van der Waals surface area contributed by atoms with Crippen LogP contribution in [0.5, 0.6) is 0 Å². The Bertz CT molecular complexity index is 3070. The van der Waals surface area contributed by atoms with E-state index in [9.17, 15) is 0 Å². The molecule has 0 bridgehead atoms. The fraction of sp³-hybridized carbons (Fsp3) is 0. The molecule has 0 unspecified atom stereocenters. The van der Waals surface area contributed by atoms with Crippen molar-refractivity contribution >= 4 is 50.4 Å². The number of benzene rings is 9. The maximum absolute atomic E-state index is 5.11. The molecule has 2 heterocycles. The Morgan fingerprint density at radius 3 is 1.66 bits per heavy atom. The Labute approximate surface area is 341 Å². The van der Waals surface area contributed by atoms with Crippen LogP contribution in [-0.2, 0) is 0 Å². The van der Waals surface area contributed by atoms with E-state index < -0.39 is 0 Å². The molecule has 0 aliphatic carbocycles. The van der Waals surface area contributed by atoms with Crippen molar-refractivity contribution in [3.8, 4) is 56.4 Å². The highest BCUT2D eigenvalue weighted by Crippen LogP contribution is 2.52. The third-order valence-electron chi connectivity index (χ3n) is 10.9. The average molecular weight is 759 g/mol. The third-order valence-corrected chi connectivity index (χ3v) is 12.0. The summed E-state index contributed by atoms with van der Waals surface area (Å²) in [6.45, 7) is 0. The lowest BCUT2D eigenvalue weighted by atomic mass is 9.89. The van der Waals surface area contributed by atoms with E-state index in [0.29, 0.717) is 17.5 Å². The summed E-state index contributed by atoms with van der Waals surface area (Å²) < 4.78 is 0. The first-order valence-electron chi connectivity index (χ1n) is 19.4. The zero-order chi connectivity index (χ0) is 38.4. The first-order chi connectivity index (χ1) is 28.7. The van der Waals surface area contributed by atoms with Crippen molar-refractivity contribution in [1.29, 1.82) is 0 Å². The predicted molar refractivity (Wildman–Crippen MR) is 241 cm³/mol. The molecule has 0 fully saturated rings. The standard InChI is InChI=1S/C53H34N4S/c1-4-15-37(16-5-1)51-54-52(38-17-6-2-7-18-38)56-53(55-51)45-32-33-48-50-44(45)23-12-24-46(50)49-43(22-13-25-47(49)58-48)36-27-29-41(30-28-36)57(40-20-8-3-9-21-40)42-31-26-35-14-10-11-19-39(35)34-42/h1-34H. The Balaban J connectivity index is 1.03. The van der Waals surface area contributed by atoms with E-state index in [1.165, 1.54) is 48.2 Å². The van der Waals surface area contributed by atoms with Gasteiger partial charge in [-0.3, -0.25) is 0 Å². The van der Waals surface area contributed by atoms with Crippen LogP contribution in [0.25, 0.3) is 78.0 Å². The molecule has 1 aromatic heterocycles. The van der Waals surface area contributed by atoms with E-state index in [1.54, 1.807) is 0 Å². The van der Waals surface area contributed by atoms with Crippen LogP contribution in [0.2, 0.25) is 0 Å². The topological polar surface area (TPSA) is 41.9 Å². The van der Waals surface area contributed by atoms with Crippen LogP contribution in [0.1, 0.15) is 0 Å². The number of nitrogens with zero attached hydrogens (tertiary/aromatic N) is 4. The zero-order valence-electron chi connectivity index (χ0n) is 31.3. The molecule has 5 heteroatoms. The van der Waals surface area contributed by atoms with Gasteiger partial charge in [0.05, 0.1) is 0 Å². The highest BCUT2D eigenvalue weighted by molar-refractivity contribution is 7.99. The number of hydrogen-bond acceptors (Lipinski definition) is 5. The summed E-state index contributed by atoms with van der Waals surface area (Å²) in [4.78, 5) is 20.0. The highest BCUT2D eigenvalue weighted by Gasteiger charge is 2.25. The monoisotopic (exact) mass is 758 g/mol. The minimum atomic E-state index is 0.654. The Morgan fingerprint density at radius 1 is 0.345 bits per heavy atom. The number of fused-ring (bicyclic) bond motifs is 3. The van der Waals surface area contributed by atoms with Gasteiger partial charge in [0.1, 0.15) is 0 Å². The quantitative estimate of drug-likeness (QED) is 0.162. The van der Waals surface area contributed by atoms with Gasteiger partial charge in [0.25, 0.3) is 0 Å². The molecule has 0 amide bonds. The number of rotatable bonds is 7. The summed E-state index contributed by atoms with van der Waals surface area (Å²) in [7, 11) is 0. The van der Waals surface area contributed by atoms with E-state index in [2.05, 4.69) is 175 Å². The lowest BCUT2D eigenvalue weighted by molar-refractivity contribution is 1.08. The summed E-state index contributed by atoms with van der Waals surface area (Å²) in [5.41, 5.74) is 11.1. The molecule has 0 N–H and O–H groups in total. The van der Waals surface area contributed by atoms with Gasteiger partial charge < -0.3 is 4.90 Å². The van der Waals surface area contributed by atoms with Crippen molar-refractivity contribution < 1.29 is 0 Å². The van der Waals surface area contributed by atoms with E-state index >= 15 is 0 Å². The SMILES string of the molecule is c1ccc(-c2nc(-c3ccccc3)nc(-c3ccc4c5c(cccc35)-c3c(cccc3-c3ccc(N(c5ccccc5)c5ccc6ccccc6c5)cc3)S4)n2)cc1. The van der Waals surface area contributed by atoms with Crippen molar-refractivity contribution in [2.45, 2.75) is 9.79 Å². The minimum Gasteiger partial charge on any atom is -0.310 e. The Morgan fingerprint density at radius 2 is 0.931 bits per heavy atom. The van der Waals surface area contributed by atoms with Gasteiger partial charge >= 0.3 is 0 Å². The van der Waals surface area contributed by atoms with Gasteiger partial charge in [-0.2, -0.15) is 0 Å². The predicted octanol–water partition coefficient (Wildman–Crippen LogP) is 14.4. The second kappa shape index (κ2) is 14.3. The molecule has 11 rings (SSSR count). The van der Waals surface area contributed by atoms with E-state index in [4.69, 9.17) is 15.0 Å². The van der Waals surface area contributed by atoms with Crippen LogP contribution in [-0.4, -0.2) is 15.0 Å². The second-order valence-corrected chi connectivity index (χ2v) is 15.5. The molecular formula is C53H34N4S. The van der Waals surface area contributed by atoms with Crippen molar-refractivity contribution in [2.75, 3.05) is 4.90 Å². The van der Waals surface area contributed by atoms with Crippen LogP contribution < -0.4 is 4.90 Å². The molecular weight excluding hydrogens is 725 g/mol. The van der Waals surface area contributed by atoms with Crippen LogP contribution in [0.4, 0.5) is 17.1 Å². The van der Waals surface area contributed by atoms with Crippen molar-refractivity contribution in [1.82, 2.24) is 15.0 Å². The summed E-state index contributed by atoms with van der Waals surface area (Å²) >= 11 is 1.83. The molecule has 0 atom stereocenters. The maximum atomic E-state index is 5.11. The van der Waals surface area contributed by atoms with Gasteiger partial charge in [-0.15, -0.1) is 0 Å². The molecule has 10 aromatic rings. The summed E-state index contributed by atoms with van der Waals surface area (Å²) in [5, 5.41) is 4.78. The maximum Gasteiger partial charge on any atom is 0.164 e. The first-order valence-corrected chi connectivity index (χ1v) is 20.3. The minimum absolute atomic E-state index is 0.654. The van der Waals surface area contributed by atoms with Crippen LogP contribution in [0.15, 0.2) is 216 Å². The number of aromatic nitrogens is 3. The molecule has 1 aliphatic heterocycles. The highest BCUT2D eigenvalue weighted by atomic mass is 32.2. The van der Waals surface area contributed by atoms with E-state index in [1.807, 2.05) is 48.2 Å². The van der Waals surface area contributed by atoms with Crippen molar-refractivity contribution in [3.05, 3.63) is 206 Å². The molecule has 0 radical (unpaired) electrons. The molecule has 4 nitrogen and oxygen atoms in total. The largest absolute Gasteiger partial charge is 0.310 e. The van der Waals surface area contributed by atoms with Gasteiger partial charge in [0.2, 0.25) is 0 Å². The number of anilines is 3. The summed E-state index contributed by atoms with van der Waals surface area (Å²) in [5.74, 6) is 1.97. The van der Waals surface area contributed by atoms with Gasteiger partial charge in [-0.1, -0.05) is 163 Å². The molecule has 9 aromatic carbocycles. The normalized spacial score (nSPS) is 11.7. The van der Waals surface area contributed by atoms with Gasteiger partial charge in [0, 0.05) is 54.5 Å². The van der Waals surface area contributed by atoms with Gasteiger partial charge in [-0.05, 0) is 87.4 Å². The zero-order valence-corrected chi connectivity index (χ0v) is 32.1. The van der Waals surface area contributed by atoms with E-state index in [0.717, 1.165) is 39.1 Å². The van der Waals surface area contributed by atoms with Crippen molar-refractivity contribution in [3.63, 3.8) is 0 Å². The van der Waals surface area contributed by atoms with Crippen LogP contribution in [0, 0.1) is 0 Å². The smallest absolute Gasteiger partial charge is 0.164 e. The van der Waals surface area contributed by atoms with Gasteiger partial charge in [0.15, 0.2) is 17.5 Å². The molecule has 58 heavy (non-hydrogen) atoms. The number of hydrogen-bond donors (Lipinski definition) is 0. The van der Waals surface area contributed by atoms with Gasteiger partial charge in [-0.25, -0.2) is 15.0 Å². The second-order valence-electron chi connectivity index (χ2n) is 14.4. The lowest BCUT2D eigenvalue weighted by Gasteiger charge is -2.26. The summed E-state index contributed by atoms with van der Waals surface area (Å²) in [6, 6.07) is 72.9. The Kier molecular flexibility index (Phi) is 8.37. The molecule has 0 saturated carbocycles. The third kappa shape index (κ3) is 6.01. The van der Waals surface area contributed by atoms with Crippen LogP contribution >= 0.6 is 11.8 Å².